The molecule has 0 unspecified atom stereocenters. The molecule has 0 heterocycles. The summed E-state index contributed by atoms with van der Waals surface area (Å²) in [5.41, 5.74) is 7.41. The lowest BCUT2D eigenvalue weighted by Crippen LogP contribution is -2.21. The molecule has 0 aliphatic carbocycles. The second-order valence-corrected chi connectivity index (χ2v) is 5.34. The van der Waals surface area contributed by atoms with Gasteiger partial charge in [0.2, 0.25) is 0 Å². The van der Waals surface area contributed by atoms with Gasteiger partial charge in [-0.25, -0.2) is 4.79 Å². The van der Waals surface area contributed by atoms with Crippen molar-refractivity contribution in [1.82, 2.24) is 0 Å². The first-order valence-electron chi connectivity index (χ1n) is 7.19. The predicted molar refractivity (Wildman–Crippen MR) is 92.2 cm³/mol. The Morgan fingerprint density at radius 3 is 2.46 bits per heavy atom. The molecular weight excluding hydrogens is 310 g/mol. The number of amides is 1. The maximum Gasteiger partial charge on any atom is 0.340 e. The zero-order chi connectivity index (χ0) is 17.7. The summed E-state index contributed by atoms with van der Waals surface area (Å²) in [6, 6.07) is 11.2. The molecule has 0 radical (unpaired) electrons. The van der Waals surface area contributed by atoms with E-state index in [0.717, 1.165) is 5.69 Å². The molecular formula is C17H19N3O4. The first kappa shape index (κ1) is 17.1. The number of hydrogen-bond acceptors (Lipinski definition) is 6. The maximum atomic E-state index is 11.9. The minimum absolute atomic E-state index is 0.0122. The zero-order valence-corrected chi connectivity index (χ0v) is 13.4. The van der Waals surface area contributed by atoms with Gasteiger partial charge in [0.05, 0.1) is 5.56 Å². The molecule has 0 bridgehead atoms. The van der Waals surface area contributed by atoms with E-state index in [0.29, 0.717) is 5.69 Å². The third-order valence-electron chi connectivity index (χ3n) is 3.26. The number of nitrogens with zero attached hydrogens (tertiary/aromatic N) is 1. The fourth-order valence-corrected chi connectivity index (χ4v) is 1.97. The van der Waals surface area contributed by atoms with Gasteiger partial charge < -0.3 is 25.8 Å². The highest BCUT2D eigenvalue weighted by atomic mass is 16.5. The molecule has 2 aromatic carbocycles. The van der Waals surface area contributed by atoms with Crippen LogP contribution in [0, 0.1) is 0 Å². The summed E-state index contributed by atoms with van der Waals surface area (Å²) in [5.74, 6) is -1.36. The lowest BCUT2D eigenvalue weighted by Gasteiger charge is -2.13. The first-order chi connectivity index (χ1) is 11.4. The van der Waals surface area contributed by atoms with Gasteiger partial charge in [0.15, 0.2) is 6.61 Å². The van der Waals surface area contributed by atoms with Gasteiger partial charge in [0.1, 0.15) is 5.75 Å². The third kappa shape index (κ3) is 4.39. The second-order valence-electron chi connectivity index (χ2n) is 5.34. The van der Waals surface area contributed by atoms with E-state index in [9.17, 15) is 14.7 Å². The van der Waals surface area contributed by atoms with Crippen LogP contribution < -0.4 is 16.0 Å². The van der Waals surface area contributed by atoms with E-state index in [1.165, 1.54) is 18.2 Å². The number of nitrogens with two attached hydrogens (primary N) is 1. The van der Waals surface area contributed by atoms with Gasteiger partial charge in [-0.05, 0) is 42.5 Å². The summed E-state index contributed by atoms with van der Waals surface area (Å²) in [4.78, 5) is 25.7. The molecule has 0 aliphatic heterocycles. The molecule has 4 N–H and O–H groups in total. The van der Waals surface area contributed by atoms with Crippen molar-refractivity contribution in [1.29, 1.82) is 0 Å². The quantitative estimate of drug-likeness (QED) is 0.439. The lowest BCUT2D eigenvalue weighted by atomic mass is 10.2. The average molecular weight is 329 g/mol. The number of phenols is 1. The van der Waals surface area contributed by atoms with Gasteiger partial charge in [0.25, 0.3) is 5.91 Å². The predicted octanol–water partition coefficient (Wildman–Crippen LogP) is 1.84. The van der Waals surface area contributed by atoms with E-state index in [1.54, 1.807) is 12.1 Å². The summed E-state index contributed by atoms with van der Waals surface area (Å²) < 4.78 is 4.91. The van der Waals surface area contributed by atoms with Crippen molar-refractivity contribution in [2.45, 2.75) is 0 Å². The van der Waals surface area contributed by atoms with E-state index in [-0.39, 0.29) is 17.0 Å². The molecule has 0 saturated heterocycles. The largest absolute Gasteiger partial charge is 0.508 e. The van der Waals surface area contributed by atoms with Gasteiger partial charge in [-0.15, -0.1) is 0 Å². The Kier molecular flexibility index (Phi) is 5.26. The molecule has 126 valence electrons. The van der Waals surface area contributed by atoms with Gasteiger partial charge in [0, 0.05) is 31.2 Å². The molecule has 0 fully saturated rings. The van der Waals surface area contributed by atoms with Crippen LogP contribution in [0.5, 0.6) is 5.75 Å². The van der Waals surface area contributed by atoms with E-state index >= 15 is 0 Å². The number of nitrogens with one attached hydrogen (secondary N) is 1. The highest BCUT2D eigenvalue weighted by molar-refractivity contribution is 5.98. The summed E-state index contributed by atoms with van der Waals surface area (Å²) in [6.07, 6.45) is 0. The van der Waals surface area contributed by atoms with Crippen LogP contribution in [0.3, 0.4) is 0 Å². The van der Waals surface area contributed by atoms with Crippen LogP contribution in [0.1, 0.15) is 10.4 Å². The van der Waals surface area contributed by atoms with Crippen LogP contribution in [0.15, 0.2) is 42.5 Å². The maximum absolute atomic E-state index is 11.9. The number of carbonyl (C=O) groups excluding carboxylic acids is 2. The summed E-state index contributed by atoms with van der Waals surface area (Å²) in [6.45, 7) is -0.455. The van der Waals surface area contributed by atoms with Gasteiger partial charge >= 0.3 is 5.97 Å². The van der Waals surface area contributed by atoms with Crippen LogP contribution in [-0.2, 0) is 9.53 Å². The minimum atomic E-state index is -0.776. The summed E-state index contributed by atoms with van der Waals surface area (Å²) in [7, 11) is 3.83. The Labute approximate surface area is 139 Å². The van der Waals surface area contributed by atoms with Crippen LogP contribution in [0.25, 0.3) is 0 Å². The summed E-state index contributed by atoms with van der Waals surface area (Å²) >= 11 is 0. The molecule has 0 saturated carbocycles. The smallest absolute Gasteiger partial charge is 0.340 e. The van der Waals surface area contributed by atoms with Crippen molar-refractivity contribution >= 4 is 28.9 Å². The number of rotatable bonds is 5. The lowest BCUT2D eigenvalue weighted by molar-refractivity contribution is -0.119. The van der Waals surface area contributed by atoms with E-state index < -0.39 is 18.5 Å². The molecule has 0 aliphatic rings. The van der Waals surface area contributed by atoms with Crippen LogP contribution in [-0.4, -0.2) is 37.7 Å². The number of ether oxygens (including phenoxy) is 1. The molecule has 2 aromatic rings. The number of esters is 1. The van der Waals surface area contributed by atoms with Gasteiger partial charge in [-0.2, -0.15) is 0 Å². The highest BCUT2D eigenvalue weighted by Gasteiger charge is 2.14. The molecule has 7 heteroatoms. The molecule has 7 nitrogen and oxygen atoms in total. The third-order valence-corrected chi connectivity index (χ3v) is 3.26. The van der Waals surface area contributed by atoms with Crippen molar-refractivity contribution in [3.05, 3.63) is 48.0 Å². The highest BCUT2D eigenvalue weighted by Crippen LogP contribution is 2.19. The molecule has 1 amide bonds. The van der Waals surface area contributed by atoms with Crippen molar-refractivity contribution < 1.29 is 19.4 Å². The normalized spacial score (nSPS) is 10.1. The van der Waals surface area contributed by atoms with E-state index in [4.69, 9.17) is 10.5 Å². The zero-order valence-electron chi connectivity index (χ0n) is 13.4. The monoisotopic (exact) mass is 329 g/mol. The molecule has 0 aromatic heterocycles. The van der Waals surface area contributed by atoms with Crippen molar-refractivity contribution in [2.75, 3.05) is 36.7 Å². The standard InChI is InChI=1S/C17H19N3O4/c1-20(2)12-5-3-11(4-6-12)19-16(22)10-24-17(23)14-9-13(21)7-8-15(14)18/h3-9,21H,10,18H2,1-2H3,(H,19,22). The number of phenolic OH excluding ortho intramolecular Hbond substituents is 1. The Morgan fingerprint density at radius 2 is 1.83 bits per heavy atom. The molecule has 24 heavy (non-hydrogen) atoms. The van der Waals surface area contributed by atoms with Crippen LogP contribution >= 0.6 is 0 Å². The van der Waals surface area contributed by atoms with Crippen molar-refractivity contribution in [3.8, 4) is 5.75 Å². The number of benzene rings is 2. The Balaban J connectivity index is 1.90. The fraction of sp³-hybridized carbons (Fsp3) is 0.176. The van der Waals surface area contributed by atoms with Gasteiger partial charge in [-0.1, -0.05) is 0 Å². The number of aromatic hydroxyl groups is 1. The SMILES string of the molecule is CN(C)c1ccc(NC(=O)COC(=O)c2cc(O)ccc2N)cc1. The number of anilines is 3. The topological polar surface area (TPSA) is 105 Å². The van der Waals surface area contributed by atoms with Crippen molar-refractivity contribution in [2.24, 2.45) is 0 Å². The Hall–Kier alpha value is -3.22. The Bertz CT molecular complexity index is 742. The van der Waals surface area contributed by atoms with E-state index in [2.05, 4.69) is 5.32 Å². The van der Waals surface area contributed by atoms with Crippen LogP contribution in [0.4, 0.5) is 17.1 Å². The molecule has 2 rings (SSSR count). The fourth-order valence-electron chi connectivity index (χ4n) is 1.97. The first-order valence-corrected chi connectivity index (χ1v) is 7.19. The van der Waals surface area contributed by atoms with Crippen LogP contribution in [0.2, 0.25) is 0 Å². The Morgan fingerprint density at radius 1 is 1.17 bits per heavy atom. The molecule has 0 atom stereocenters. The number of hydrogen-bond donors (Lipinski definition) is 3. The average Bonchev–Trinajstić information content (AvgIpc) is 2.55. The second kappa shape index (κ2) is 7.36. The van der Waals surface area contributed by atoms with E-state index in [1.807, 2.05) is 31.1 Å². The molecule has 0 spiro atoms. The minimum Gasteiger partial charge on any atom is -0.508 e. The number of carbonyl (C=O) groups is 2. The van der Waals surface area contributed by atoms with Crippen molar-refractivity contribution in [3.63, 3.8) is 0 Å². The van der Waals surface area contributed by atoms with Gasteiger partial charge in [-0.3, -0.25) is 4.79 Å². The summed E-state index contributed by atoms with van der Waals surface area (Å²) in [5, 5.41) is 12.0. The number of nitrogen functional groups attached to an aromatic ring is 1.